The maximum Gasteiger partial charge on any atom is 0.311 e. The van der Waals surface area contributed by atoms with Crippen molar-refractivity contribution >= 4 is 5.97 Å². The molecule has 2 nitrogen and oxygen atoms in total. The van der Waals surface area contributed by atoms with Gasteiger partial charge in [-0.2, -0.15) is 0 Å². The van der Waals surface area contributed by atoms with Gasteiger partial charge in [0.1, 0.15) is 5.75 Å². The van der Waals surface area contributed by atoms with Crippen molar-refractivity contribution in [1.29, 1.82) is 0 Å². The Hall–Kier alpha value is -2.09. The second-order valence-electron chi connectivity index (χ2n) is 11.1. The van der Waals surface area contributed by atoms with Crippen LogP contribution in [0.4, 0.5) is 0 Å². The van der Waals surface area contributed by atoms with E-state index in [0.717, 1.165) is 24.7 Å². The van der Waals surface area contributed by atoms with E-state index in [4.69, 9.17) is 4.74 Å². The Bertz CT molecular complexity index is 844. The summed E-state index contributed by atoms with van der Waals surface area (Å²) in [5, 5.41) is 0. The van der Waals surface area contributed by atoms with E-state index < -0.39 is 0 Å². The van der Waals surface area contributed by atoms with Gasteiger partial charge in [0.05, 0.1) is 0 Å². The highest BCUT2D eigenvalue weighted by atomic mass is 16.5. The van der Waals surface area contributed by atoms with E-state index in [9.17, 15) is 4.79 Å². The van der Waals surface area contributed by atoms with Crippen LogP contribution in [0, 0.1) is 5.92 Å². The van der Waals surface area contributed by atoms with Gasteiger partial charge in [0.15, 0.2) is 0 Å². The fourth-order valence-corrected chi connectivity index (χ4v) is 5.72. The summed E-state index contributed by atoms with van der Waals surface area (Å²) in [5.74, 6) is 2.21. The van der Waals surface area contributed by atoms with Crippen molar-refractivity contribution in [2.75, 3.05) is 0 Å². The molecule has 0 aromatic heterocycles. The quantitative estimate of drug-likeness (QED) is 0.133. The van der Waals surface area contributed by atoms with E-state index in [1.807, 2.05) is 12.1 Å². The molecule has 0 saturated heterocycles. The van der Waals surface area contributed by atoms with Gasteiger partial charge in [0, 0.05) is 6.42 Å². The molecule has 1 aliphatic carbocycles. The van der Waals surface area contributed by atoms with Crippen LogP contribution in [0.2, 0.25) is 0 Å². The Balaban J connectivity index is 1.38. The molecular formula is C34H50O2. The minimum Gasteiger partial charge on any atom is -0.427 e. The molecule has 0 atom stereocenters. The highest BCUT2D eigenvalue weighted by Crippen LogP contribution is 2.38. The molecule has 0 aliphatic heterocycles. The predicted octanol–water partition coefficient (Wildman–Crippen LogP) is 10.6. The lowest BCUT2D eigenvalue weighted by molar-refractivity contribution is -0.134. The van der Waals surface area contributed by atoms with Gasteiger partial charge >= 0.3 is 5.97 Å². The fraction of sp³-hybridized carbons (Fsp3) is 0.618. The van der Waals surface area contributed by atoms with Gasteiger partial charge < -0.3 is 4.74 Å². The molecule has 3 rings (SSSR count). The summed E-state index contributed by atoms with van der Waals surface area (Å²) in [6.45, 7) is 4.50. The van der Waals surface area contributed by atoms with E-state index in [2.05, 4.69) is 50.2 Å². The highest BCUT2D eigenvalue weighted by Gasteiger charge is 2.22. The Morgan fingerprint density at radius 3 is 1.81 bits per heavy atom. The highest BCUT2D eigenvalue weighted by molar-refractivity contribution is 5.73. The lowest BCUT2D eigenvalue weighted by Crippen LogP contribution is -2.13. The molecule has 2 heteroatoms. The molecule has 1 aliphatic rings. The zero-order valence-corrected chi connectivity index (χ0v) is 23.1. The van der Waals surface area contributed by atoms with Crippen LogP contribution in [0.3, 0.4) is 0 Å². The smallest absolute Gasteiger partial charge is 0.311 e. The number of carbonyl (C=O) groups excluding carboxylic acids is 1. The number of carbonyl (C=O) groups is 1. The summed E-state index contributed by atoms with van der Waals surface area (Å²) >= 11 is 0. The van der Waals surface area contributed by atoms with Gasteiger partial charge in [-0.25, -0.2) is 0 Å². The standard InChI is InChI=1S/C34H50O2/c1-3-5-7-9-11-12-14-28-16-18-29(19-17-28)30-20-22-31(23-21-30)32-24-26-33(27-25-32)36-34(35)15-13-10-8-6-4-2/h20-29H,3-19H2,1-2H3. The zero-order chi connectivity index (χ0) is 25.4. The third kappa shape index (κ3) is 10.1. The number of rotatable bonds is 16. The molecule has 0 amide bonds. The second kappa shape index (κ2) is 16.6. The van der Waals surface area contributed by atoms with Crippen molar-refractivity contribution in [2.45, 2.75) is 129 Å². The van der Waals surface area contributed by atoms with Crippen molar-refractivity contribution < 1.29 is 9.53 Å². The first-order chi connectivity index (χ1) is 17.7. The summed E-state index contributed by atoms with van der Waals surface area (Å²) in [4.78, 5) is 12.1. The van der Waals surface area contributed by atoms with Crippen LogP contribution >= 0.6 is 0 Å². The summed E-state index contributed by atoms with van der Waals surface area (Å²) in [6, 6.07) is 17.1. The third-order valence-corrected chi connectivity index (χ3v) is 8.10. The van der Waals surface area contributed by atoms with Gasteiger partial charge in [0.25, 0.3) is 0 Å². The zero-order valence-electron chi connectivity index (χ0n) is 23.1. The van der Waals surface area contributed by atoms with Crippen LogP contribution in [-0.4, -0.2) is 5.97 Å². The van der Waals surface area contributed by atoms with E-state index in [1.54, 1.807) is 0 Å². The molecule has 1 saturated carbocycles. The number of hydrogen-bond donors (Lipinski definition) is 0. The molecule has 0 N–H and O–H groups in total. The van der Waals surface area contributed by atoms with E-state index >= 15 is 0 Å². The molecule has 0 spiro atoms. The maximum atomic E-state index is 12.1. The van der Waals surface area contributed by atoms with Crippen LogP contribution < -0.4 is 4.74 Å². The summed E-state index contributed by atoms with van der Waals surface area (Å²) in [5.41, 5.74) is 3.90. The summed E-state index contributed by atoms with van der Waals surface area (Å²) in [6.07, 6.45) is 21.6. The van der Waals surface area contributed by atoms with Crippen LogP contribution in [-0.2, 0) is 4.79 Å². The monoisotopic (exact) mass is 490 g/mol. The molecule has 198 valence electrons. The first kappa shape index (κ1) is 28.5. The fourth-order valence-electron chi connectivity index (χ4n) is 5.72. The summed E-state index contributed by atoms with van der Waals surface area (Å²) < 4.78 is 5.53. The van der Waals surface area contributed by atoms with Gasteiger partial charge in [-0.1, -0.05) is 121 Å². The molecule has 2 aromatic rings. The summed E-state index contributed by atoms with van der Waals surface area (Å²) in [7, 11) is 0. The van der Waals surface area contributed by atoms with Gasteiger partial charge in [0.2, 0.25) is 0 Å². The van der Waals surface area contributed by atoms with Gasteiger partial charge in [-0.15, -0.1) is 0 Å². The number of unbranched alkanes of at least 4 members (excludes halogenated alkanes) is 9. The number of esters is 1. The Morgan fingerprint density at radius 2 is 1.19 bits per heavy atom. The molecule has 0 bridgehead atoms. The van der Waals surface area contributed by atoms with E-state index in [0.29, 0.717) is 12.2 Å². The predicted molar refractivity (Wildman–Crippen MR) is 154 cm³/mol. The average molecular weight is 491 g/mol. The van der Waals surface area contributed by atoms with Crippen molar-refractivity contribution in [3.63, 3.8) is 0 Å². The molecule has 0 heterocycles. The topological polar surface area (TPSA) is 26.3 Å². The average Bonchev–Trinajstić information content (AvgIpc) is 2.91. The Morgan fingerprint density at radius 1 is 0.667 bits per heavy atom. The molecule has 2 aromatic carbocycles. The normalized spacial score (nSPS) is 17.7. The molecular weight excluding hydrogens is 440 g/mol. The maximum absolute atomic E-state index is 12.1. The van der Waals surface area contributed by atoms with Gasteiger partial charge in [-0.05, 0) is 72.8 Å². The van der Waals surface area contributed by atoms with Crippen molar-refractivity contribution in [3.05, 3.63) is 54.1 Å². The first-order valence-electron chi connectivity index (χ1n) is 15.1. The Labute approximate surface area is 221 Å². The van der Waals surface area contributed by atoms with Crippen LogP contribution in [0.25, 0.3) is 11.1 Å². The number of ether oxygens (including phenoxy) is 1. The van der Waals surface area contributed by atoms with Crippen molar-refractivity contribution in [2.24, 2.45) is 5.92 Å². The molecule has 1 fully saturated rings. The third-order valence-electron chi connectivity index (χ3n) is 8.10. The van der Waals surface area contributed by atoms with Crippen molar-refractivity contribution in [1.82, 2.24) is 0 Å². The minimum absolute atomic E-state index is 0.120. The number of benzene rings is 2. The Kier molecular flexibility index (Phi) is 13.1. The van der Waals surface area contributed by atoms with Crippen LogP contribution in [0.1, 0.15) is 134 Å². The second-order valence-corrected chi connectivity index (χ2v) is 11.1. The lowest BCUT2D eigenvalue weighted by atomic mass is 9.77. The molecule has 0 radical (unpaired) electrons. The van der Waals surface area contributed by atoms with E-state index in [-0.39, 0.29) is 5.97 Å². The van der Waals surface area contributed by atoms with Gasteiger partial charge in [-0.3, -0.25) is 4.79 Å². The number of hydrogen-bond acceptors (Lipinski definition) is 2. The van der Waals surface area contributed by atoms with E-state index in [1.165, 1.54) is 107 Å². The van der Waals surface area contributed by atoms with Crippen molar-refractivity contribution in [3.8, 4) is 16.9 Å². The lowest BCUT2D eigenvalue weighted by Gasteiger charge is -2.29. The minimum atomic E-state index is -0.120. The molecule has 0 unspecified atom stereocenters. The largest absolute Gasteiger partial charge is 0.427 e. The van der Waals surface area contributed by atoms with Crippen LogP contribution in [0.5, 0.6) is 5.75 Å². The first-order valence-corrected chi connectivity index (χ1v) is 15.1. The molecule has 36 heavy (non-hydrogen) atoms. The van der Waals surface area contributed by atoms with Crippen LogP contribution in [0.15, 0.2) is 48.5 Å². The SMILES string of the molecule is CCCCCCCCC1CCC(c2ccc(-c3ccc(OC(=O)CCCCCCC)cc3)cc2)CC1.